The van der Waals surface area contributed by atoms with Crippen LogP contribution >= 0.6 is 0 Å². The molecule has 0 fully saturated rings. The molecule has 0 spiro atoms. The van der Waals surface area contributed by atoms with Crippen LogP contribution in [0.2, 0.25) is 0 Å². The molecular weight excluding hydrogens is 317 g/mol. The highest BCUT2D eigenvalue weighted by atomic mass is 19.1. The van der Waals surface area contributed by atoms with Crippen molar-refractivity contribution in [3.8, 4) is 0 Å². The van der Waals surface area contributed by atoms with Gasteiger partial charge in [-0.15, -0.1) is 0 Å². The lowest BCUT2D eigenvalue weighted by Gasteiger charge is -2.19. The Labute approximate surface area is 146 Å². The molecular formula is C20H20FN3O. The van der Waals surface area contributed by atoms with E-state index in [2.05, 4.69) is 15.2 Å². The van der Waals surface area contributed by atoms with Crippen LogP contribution in [0.5, 0.6) is 0 Å². The molecule has 3 rings (SSSR count). The van der Waals surface area contributed by atoms with Gasteiger partial charge in [-0.2, -0.15) is 0 Å². The summed E-state index contributed by atoms with van der Waals surface area (Å²) < 4.78 is 13.3. The normalized spacial score (nSPS) is 10.7. The first-order valence-electron chi connectivity index (χ1n) is 8.16. The average molecular weight is 337 g/mol. The highest BCUT2D eigenvalue weighted by Crippen LogP contribution is 2.17. The summed E-state index contributed by atoms with van der Waals surface area (Å²) >= 11 is 0. The zero-order valence-corrected chi connectivity index (χ0v) is 14.3. The van der Waals surface area contributed by atoms with Gasteiger partial charge in [0.25, 0.3) is 5.91 Å². The van der Waals surface area contributed by atoms with Gasteiger partial charge in [-0.1, -0.05) is 18.2 Å². The number of fused-ring (bicyclic) bond motifs is 1. The number of carbonyl (C=O) groups excluding carboxylic acids is 1. The molecule has 3 aromatic rings. The van der Waals surface area contributed by atoms with Crippen LogP contribution in [-0.2, 0) is 0 Å². The lowest BCUT2D eigenvalue weighted by molar-refractivity contribution is 0.0954. The van der Waals surface area contributed by atoms with E-state index in [4.69, 9.17) is 0 Å². The van der Waals surface area contributed by atoms with Crippen molar-refractivity contribution in [1.82, 2.24) is 10.3 Å². The Kier molecular flexibility index (Phi) is 4.93. The Balaban J connectivity index is 1.66. The first kappa shape index (κ1) is 16.9. The number of nitrogens with one attached hydrogen (secondary N) is 1. The van der Waals surface area contributed by atoms with E-state index in [1.165, 1.54) is 12.1 Å². The number of halogens is 1. The van der Waals surface area contributed by atoms with Crippen LogP contribution in [0, 0.1) is 12.7 Å². The highest BCUT2D eigenvalue weighted by molar-refractivity contribution is 5.98. The molecule has 0 radical (unpaired) electrons. The van der Waals surface area contributed by atoms with Crippen molar-refractivity contribution in [3.05, 3.63) is 71.7 Å². The topological polar surface area (TPSA) is 45.2 Å². The lowest BCUT2D eigenvalue weighted by atomic mass is 10.1. The summed E-state index contributed by atoms with van der Waals surface area (Å²) in [5, 5.41) is 3.67. The van der Waals surface area contributed by atoms with E-state index in [0.717, 1.165) is 11.1 Å². The average Bonchev–Trinajstić information content (AvgIpc) is 2.61. The molecule has 25 heavy (non-hydrogen) atoms. The van der Waals surface area contributed by atoms with Gasteiger partial charge in [-0.05, 0) is 37.3 Å². The Hall–Kier alpha value is -2.95. The summed E-state index contributed by atoms with van der Waals surface area (Å²) in [6.07, 6.45) is 0. The van der Waals surface area contributed by atoms with Gasteiger partial charge < -0.3 is 10.2 Å². The fraction of sp³-hybridized carbons (Fsp3) is 0.200. The molecule has 5 heteroatoms. The predicted molar refractivity (Wildman–Crippen MR) is 98.5 cm³/mol. The molecule has 0 unspecified atom stereocenters. The highest BCUT2D eigenvalue weighted by Gasteiger charge is 2.12. The van der Waals surface area contributed by atoms with E-state index < -0.39 is 0 Å². The molecule has 1 N–H and O–H groups in total. The molecule has 0 aliphatic rings. The van der Waals surface area contributed by atoms with Crippen LogP contribution in [0.25, 0.3) is 10.9 Å². The molecule has 0 aliphatic carbocycles. The predicted octanol–water partition coefficient (Wildman–Crippen LogP) is 3.55. The van der Waals surface area contributed by atoms with Crippen LogP contribution in [0.3, 0.4) is 0 Å². The molecule has 1 aromatic heterocycles. The van der Waals surface area contributed by atoms with Crippen molar-refractivity contribution >= 4 is 22.5 Å². The SMILES string of the molecule is Cc1nc2cc(F)ccc2cc1C(=O)NCCN(C)c1ccccc1. The fourth-order valence-electron chi connectivity index (χ4n) is 2.71. The number of pyridine rings is 1. The van der Waals surface area contributed by atoms with Crippen molar-refractivity contribution in [2.75, 3.05) is 25.0 Å². The third-order valence-electron chi connectivity index (χ3n) is 4.14. The van der Waals surface area contributed by atoms with Crippen molar-refractivity contribution in [1.29, 1.82) is 0 Å². The minimum atomic E-state index is -0.333. The molecule has 0 bridgehead atoms. The van der Waals surface area contributed by atoms with Crippen LogP contribution in [0.4, 0.5) is 10.1 Å². The van der Waals surface area contributed by atoms with E-state index in [1.807, 2.05) is 37.4 Å². The summed E-state index contributed by atoms with van der Waals surface area (Å²) in [4.78, 5) is 18.9. The van der Waals surface area contributed by atoms with Crippen LogP contribution < -0.4 is 10.2 Å². The number of aryl methyl sites for hydroxylation is 1. The number of rotatable bonds is 5. The molecule has 128 valence electrons. The number of amides is 1. The standard InChI is InChI=1S/C20H20FN3O/c1-14-18(12-15-8-9-16(21)13-19(15)23-14)20(25)22-10-11-24(2)17-6-4-3-5-7-17/h3-9,12-13H,10-11H2,1-2H3,(H,22,25). The van der Waals surface area contributed by atoms with Gasteiger partial charge in [0.2, 0.25) is 0 Å². The van der Waals surface area contributed by atoms with Crippen molar-refractivity contribution in [2.45, 2.75) is 6.92 Å². The van der Waals surface area contributed by atoms with E-state index in [-0.39, 0.29) is 11.7 Å². The van der Waals surface area contributed by atoms with E-state index >= 15 is 0 Å². The van der Waals surface area contributed by atoms with Gasteiger partial charge in [-0.3, -0.25) is 9.78 Å². The smallest absolute Gasteiger partial charge is 0.253 e. The van der Waals surface area contributed by atoms with Crippen molar-refractivity contribution < 1.29 is 9.18 Å². The van der Waals surface area contributed by atoms with Crippen LogP contribution in [0.1, 0.15) is 16.1 Å². The van der Waals surface area contributed by atoms with Crippen molar-refractivity contribution in [3.63, 3.8) is 0 Å². The third-order valence-corrected chi connectivity index (χ3v) is 4.14. The third kappa shape index (κ3) is 3.94. The zero-order valence-electron chi connectivity index (χ0n) is 14.3. The van der Waals surface area contributed by atoms with Crippen LogP contribution in [-0.4, -0.2) is 31.0 Å². The monoisotopic (exact) mass is 337 g/mol. The van der Waals surface area contributed by atoms with E-state index in [1.54, 1.807) is 19.1 Å². The minimum absolute atomic E-state index is 0.169. The van der Waals surface area contributed by atoms with Gasteiger partial charge in [0.05, 0.1) is 16.8 Å². The molecule has 0 atom stereocenters. The minimum Gasteiger partial charge on any atom is -0.373 e. The summed E-state index contributed by atoms with van der Waals surface area (Å²) in [6, 6.07) is 16.1. The maximum atomic E-state index is 13.3. The lowest BCUT2D eigenvalue weighted by Crippen LogP contribution is -2.33. The molecule has 0 saturated heterocycles. The number of likely N-dealkylation sites (N-methyl/N-ethyl adjacent to an activating group) is 1. The Morgan fingerprint density at radius 1 is 1.16 bits per heavy atom. The first-order chi connectivity index (χ1) is 12.0. The van der Waals surface area contributed by atoms with E-state index in [0.29, 0.717) is 29.9 Å². The molecule has 2 aromatic carbocycles. The number of hydrogen-bond donors (Lipinski definition) is 1. The molecule has 0 aliphatic heterocycles. The Morgan fingerprint density at radius 2 is 1.92 bits per heavy atom. The van der Waals surface area contributed by atoms with Gasteiger partial charge in [0.1, 0.15) is 5.82 Å². The van der Waals surface area contributed by atoms with Gasteiger partial charge >= 0.3 is 0 Å². The maximum absolute atomic E-state index is 13.3. The second kappa shape index (κ2) is 7.30. The molecule has 1 amide bonds. The summed E-state index contributed by atoms with van der Waals surface area (Å²) in [7, 11) is 1.98. The van der Waals surface area contributed by atoms with Crippen molar-refractivity contribution in [2.24, 2.45) is 0 Å². The number of benzene rings is 2. The first-order valence-corrected chi connectivity index (χ1v) is 8.16. The van der Waals surface area contributed by atoms with Gasteiger partial charge in [0.15, 0.2) is 0 Å². The summed E-state index contributed by atoms with van der Waals surface area (Å²) in [5.41, 5.74) is 2.76. The number of para-hydroxylation sites is 1. The number of carbonyl (C=O) groups is 1. The van der Waals surface area contributed by atoms with E-state index in [9.17, 15) is 9.18 Å². The number of nitrogens with zero attached hydrogens (tertiary/aromatic N) is 2. The summed E-state index contributed by atoms with van der Waals surface area (Å²) in [6.45, 7) is 2.97. The number of aromatic nitrogens is 1. The fourth-order valence-corrected chi connectivity index (χ4v) is 2.71. The second-order valence-corrected chi connectivity index (χ2v) is 5.97. The maximum Gasteiger partial charge on any atom is 0.253 e. The molecule has 1 heterocycles. The quantitative estimate of drug-likeness (QED) is 0.774. The Morgan fingerprint density at radius 3 is 2.68 bits per heavy atom. The summed E-state index contributed by atoms with van der Waals surface area (Å²) in [5.74, 6) is -0.502. The largest absolute Gasteiger partial charge is 0.373 e. The number of anilines is 1. The molecule has 0 saturated carbocycles. The Bertz CT molecular complexity index is 896. The van der Waals surface area contributed by atoms with Gasteiger partial charge in [0, 0.05) is 37.3 Å². The zero-order chi connectivity index (χ0) is 17.8. The van der Waals surface area contributed by atoms with Crippen LogP contribution in [0.15, 0.2) is 54.6 Å². The van der Waals surface area contributed by atoms with Gasteiger partial charge in [-0.25, -0.2) is 4.39 Å². The molecule has 4 nitrogen and oxygen atoms in total. The number of hydrogen-bond acceptors (Lipinski definition) is 3. The second-order valence-electron chi connectivity index (χ2n) is 5.97.